The van der Waals surface area contributed by atoms with Crippen molar-refractivity contribution in [1.29, 1.82) is 0 Å². The number of aliphatic carboxylic acids is 1. The Morgan fingerprint density at radius 3 is 1.44 bits per heavy atom. The monoisotopic (exact) mass is 560 g/mol. The molecule has 4 rings (SSSR count). The maximum Gasteiger partial charge on any atom is 1.00 e. The van der Waals surface area contributed by atoms with E-state index in [0.29, 0.717) is 13.2 Å². The molecule has 0 radical (unpaired) electrons. The van der Waals surface area contributed by atoms with Crippen molar-refractivity contribution in [2.24, 2.45) is 0 Å². The molecule has 0 amide bonds. The van der Waals surface area contributed by atoms with Gasteiger partial charge in [-0.15, -0.1) is 0 Å². The van der Waals surface area contributed by atoms with E-state index in [1.807, 2.05) is 11.8 Å². The molecule has 2 aromatic rings. The van der Waals surface area contributed by atoms with Gasteiger partial charge in [-0.1, -0.05) is 7.43 Å². The third-order valence-corrected chi connectivity index (χ3v) is 6.15. The minimum atomic E-state index is -0.791. The van der Waals surface area contributed by atoms with Crippen LogP contribution < -0.4 is 39.4 Å². The summed E-state index contributed by atoms with van der Waals surface area (Å²) in [6.45, 7) is 8.99. The number of rotatable bonds is 7. The van der Waals surface area contributed by atoms with Crippen LogP contribution in [0, 0.1) is 11.6 Å². The minimum absolute atomic E-state index is 0. The fourth-order valence-corrected chi connectivity index (χ4v) is 4.21. The molecule has 0 spiro atoms. The number of benzene rings is 2. The zero-order valence-corrected chi connectivity index (χ0v) is 24.1. The second-order valence-electron chi connectivity index (χ2n) is 8.68. The van der Waals surface area contributed by atoms with Crippen LogP contribution in [0.4, 0.5) is 20.2 Å². The Morgan fingerprint density at radius 1 is 0.744 bits per heavy atom. The van der Waals surface area contributed by atoms with Gasteiger partial charge in [-0.3, -0.25) is 19.4 Å². The first-order valence-corrected chi connectivity index (χ1v) is 12.2. The zero-order valence-electron chi connectivity index (χ0n) is 22.1. The van der Waals surface area contributed by atoms with Crippen LogP contribution in [0.5, 0.6) is 0 Å². The number of carboxylic acids is 1. The number of ether oxygens (including phenoxy) is 1. The fraction of sp³-hybridized carbons (Fsp3) is 0.481. The van der Waals surface area contributed by atoms with Crippen molar-refractivity contribution in [2.45, 2.75) is 14.4 Å². The third kappa shape index (κ3) is 12.6. The number of nitrogens with zero attached hydrogens (tertiary/aromatic N) is 4. The van der Waals surface area contributed by atoms with E-state index in [9.17, 15) is 18.4 Å². The second kappa shape index (κ2) is 18.9. The SMILES string of the molecule is C.CCOC(=O)CN1CCN(c2ccc(F)cc2)CC1.O=C(O)CN1CCN(c2ccc(F)cc2)CC1.[Na+].[OH-]. The first kappa shape index (κ1) is 36.7. The Bertz CT molecular complexity index is 969. The van der Waals surface area contributed by atoms with Crippen LogP contribution in [0.1, 0.15) is 14.4 Å². The number of hydrogen-bond donors (Lipinski definition) is 1. The maximum atomic E-state index is 12.9. The van der Waals surface area contributed by atoms with Gasteiger partial charge in [-0.2, -0.15) is 0 Å². The van der Waals surface area contributed by atoms with Crippen molar-refractivity contribution in [3.63, 3.8) is 0 Å². The van der Waals surface area contributed by atoms with Crippen molar-refractivity contribution in [3.8, 4) is 0 Å². The molecule has 2 N–H and O–H groups in total. The molecule has 0 bridgehead atoms. The number of carbonyl (C=O) groups is 2. The van der Waals surface area contributed by atoms with Crippen LogP contribution in [0.2, 0.25) is 0 Å². The molecule has 0 saturated carbocycles. The molecule has 2 aliphatic rings. The predicted molar refractivity (Wildman–Crippen MR) is 143 cm³/mol. The average molecular weight is 561 g/mol. The zero-order chi connectivity index (χ0) is 25.9. The number of esters is 1. The number of hydrogen-bond acceptors (Lipinski definition) is 8. The van der Waals surface area contributed by atoms with Crippen molar-refractivity contribution >= 4 is 23.3 Å². The number of carbonyl (C=O) groups excluding carboxylic acids is 1. The van der Waals surface area contributed by atoms with E-state index in [0.717, 1.165) is 63.7 Å². The molecular formula is C27H39F2N4NaO5. The summed E-state index contributed by atoms with van der Waals surface area (Å²) in [6, 6.07) is 12.9. The van der Waals surface area contributed by atoms with Gasteiger partial charge in [0, 0.05) is 63.7 Å². The van der Waals surface area contributed by atoms with Gasteiger partial charge >= 0.3 is 41.5 Å². The predicted octanol–water partition coefficient (Wildman–Crippen LogP) is 0.00640. The Morgan fingerprint density at radius 2 is 1.10 bits per heavy atom. The molecule has 2 heterocycles. The van der Waals surface area contributed by atoms with Crippen LogP contribution in [0.15, 0.2) is 48.5 Å². The summed E-state index contributed by atoms with van der Waals surface area (Å²) in [5, 5.41) is 8.68. The molecule has 2 fully saturated rings. The van der Waals surface area contributed by atoms with Crippen LogP contribution in [-0.4, -0.2) is 104 Å². The summed E-state index contributed by atoms with van der Waals surface area (Å²) >= 11 is 0. The fourth-order valence-electron chi connectivity index (χ4n) is 4.21. The smallest absolute Gasteiger partial charge is 0.870 e. The summed E-state index contributed by atoms with van der Waals surface area (Å²) in [5.74, 6) is -1.42. The van der Waals surface area contributed by atoms with E-state index in [1.54, 1.807) is 24.3 Å². The van der Waals surface area contributed by atoms with Gasteiger partial charge in [-0.05, 0) is 55.5 Å². The largest absolute Gasteiger partial charge is 1.00 e. The molecule has 0 aromatic heterocycles. The summed E-state index contributed by atoms with van der Waals surface area (Å²) < 4.78 is 30.6. The molecule has 0 atom stereocenters. The summed E-state index contributed by atoms with van der Waals surface area (Å²) in [5.41, 5.74) is 2.01. The Kier molecular flexibility index (Phi) is 17.8. The van der Waals surface area contributed by atoms with Crippen molar-refractivity contribution in [3.05, 3.63) is 60.2 Å². The third-order valence-electron chi connectivity index (χ3n) is 6.15. The Labute approximate surface area is 251 Å². The summed E-state index contributed by atoms with van der Waals surface area (Å²) in [4.78, 5) is 30.3. The normalized spacial score (nSPS) is 15.5. The van der Waals surface area contributed by atoms with Crippen LogP contribution in [-0.2, 0) is 14.3 Å². The summed E-state index contributed by atoms with van der Waals surface area (Å²) in [6.07, 6.45) is 0. The molecule has 212 valence electrons. The first-order chi connectivity index (χ1) is 17.3. The molecular weight excluding hydrogens is 521 g/mol. The van der Waals surface area contributed by atoms with Crippen LogP contribution in [0.25, 0.3) is 0 Å². The van der Waals surface area contributed by atoms with Gasteiger partial charge in [0.25, 0.3) is 0 Å². The van der Waals surface area contributed by atoms with E-state index in [-0.39, 0.29) is 66.6 Å². The van der Waals surface area contributed by atoms with Crippen LogP contribution >= 0.6 is 0 Å². The van der Waals surface area contributed by atoms with E-state index >= 15 is 0 Å². The quantitative estimate of drug-likeness (QED) is 0.370. The average Bonchev–Trinajstić information content (AvgIpc) is 2.86. The van der Waals surface area contributed by atoms with Crippen molar-refractivity contribution in [2.75, 3.05) is 81.9 Å². The Hall–Kier alpha value is -2.28. The number of halogens is 2. The first-order valence-electron chi connectivity index (χ1n) is 12.2. The Balaban J connectivity index is 0.000000691. The van der Waals surface area contributed by atoms with E-state index in [4.69, 9.17) is 9.84 Å². The van der Waals surface area contributed by atoms with Gasteiger partial charge in [-0.25, -0.2) is 8.78 Å². The van der Waals surface area contributed by atoms with Crippen molar-refractivity contribution in [1.82, 2.24) is 9.80 Å². The molecule has 0 unspecified atom stereocenters. The minimum Gasteiger partial charge on any atom is -0.870 e. The van der Waals surface area contributed by atoms with Gasteiger partial charge in [0.15, 0.2) is 0 Å². The topological polar surface area (TPSA) is 107 Å². The standard InChI is InChI=1S/C14H19FN2O2.C12H15FN2O2.CH4.Na.H2O/c1-2-19-14(18)11-16-7-9-17(10-8-16)13-5-3-12(15)4-6-13;13-10-1-3-11(4-2-10)15-7-5-14(6-8-15)9-12(16)17;;;/h3-6H,2,7-11H2,1H3;1-4H,5-9H2,(H,16,17);1H4;;1H2/q;;;+1;/p-1. The van der Waals surface area contributed by atoms with Gasteiger partial charge < -0.3 is 25.1 Å². The second-order valence-corrected chi connectivity index (χ2v) is 8.68. The molecule has 0 aliphatic carbocycles. The van der Waals surface area contributed by atoms with Crippen LogP contribution in [0.3, 0.4) is 0 Å². The van der Waals surface area contributed by atoms with Gasteiger partial charge in [0.2, 0.25) is 0 Å². The van der Waals surface area contributed by atoms with Crippen molar-refractivity contribution < 1.29 is 63.2 Å². The molecule has 2 aliphatic heterocycles. The van der Waals surface area contributed by atoms with Gasteiger partial charge in [0.1, 0.15) is 11.6 Å². The van der Waals surface area contributed by atoms with Gasteiger partial charge in [0.05, 0.1) is 19.7 Å². The molecule has 2 saturated heterocycles. The number of anilines is 2. The van der Waals surface area contributed by atoms with E-state index < -0.39 is 5.97 Å². The van der Waals surface area contributed by atoms with E-state index in [2.05, 4.69) is 14.7 Å². The van der Waals surface area contributed by atoms with E-state index in [1.165, 1.54) is 24.3 Å². The molecule has 39 heavy (non-hydrogen) atoms. The maximum absolute atomic E-state index is 12.9. The number of piperazine rings is 2. The number of carboxylic acid groups (broad SMARTS) is 1. The molecule has 2 aromatic carbocycles. The molecule has 12 heteroatoms. The summed E-state index contributed by atoms with van der Waals surface area (Å²) in [7, 11) is 0. The molecule has 9 nitrogen and oxygen atoms in total.